The van der Waals surface area contributed by atoms with Crippen LogP contribution in [0.15, 0.2) is 42.5 Å². The zero-order valence-electron chi connectivity index (χ0n) is 12.6. The third kappa shape index (κ3) is 3.78. The van der Waals surface area contributed by atoms with E-state index in [0.717, 1.165) is 5.56 Å². The van der Waals surface area contributed by atoms with Crippen molar-refractivity contribution in [1.29, 1.82) is 0 Å². The standard InChI is InChI=1S/C17H14ClNO5/c18-13-6-12(7-14-16(13)24-10-23-14)17(21)19-8-15(20)22-9-11-4-2-1-3-5-11/h1-7H,8-10H2,(H,19,21). The Morgan fingerprint density at radius 2 is 1.96 bits per heavy atom. The number of ether oxygens (including phenoxy) is 3. The van der Waals surface area contributed by atoms with Crippen LogP contribution in [-0.4, -0.2) is 25.2 Å². The summed E-state index contributed by atoms with van der Waals surface area (Å²) >= 11 is 6.02. The molecule has 0 aromatic heterocycles. The molecule has 0 spiro atoms. The first-order chi connectivity index (χ1) is 11.6. The van der Waals surface area contributed by atoms with Crippen LogP contribution >= 0.6 is 11.6 Å². The molecule has 2 aromatic rings. The first kappa shape index (κ1) is 16.1. The summed E-state index contributed by atoms with van der Waals surface area (Å²) in [5, 5.41) is 2.76. The van der Waals surface area contributed by atoms with Gasteiger partial charge >= 0.3 is 5.97 Å². The number of hydrogen-bond donors (Lipinski definition) is 1. The topological polar surface area (TPSA) is 73.9 Å². The molecule has 6 nitrogen and oxygen atoms in total. The lowest BCUT2D eigenvalue weighted by Gasteiger charge is -2.08. The molecule has 1 N–H and O–H groups in total. The zero-order valence-corrected chi connectivity index (χ0v) is 13.3. The van der Waals surface area contributed by atoms with E-state index < -0.39 is 11.9 Å². The Labute approximate surface area is 143 Å². The molecule has 3 rings (SSSR count). The van der Waals surface area contributed by atoms with Gasteiger partial charge in [-0.1, -0.05) is 41.9 Å². The monoisotopic (exact) mass is 347 g/mol. The SMILES string of the molecule is O=C(CNC(=O)c1cc(Cl)c2c(c1)OCO2)OCc1ccccc1. The molecule has 0 aliphatic carbocycles. The molecule has 0 saturated heterocycles. The van der Waals surface area contributed by atoms with Crippen molar-refractivity contribution in [2.75, 3.05) is 13.3 Å². The van der Waals surface area contributed by atoms with Crippen molar-refractivity contribution < 1.29 is 23.8 Å². The maximum atomic E-state index is 12.1. The van der Waals surface area contributed by atoms with E-state index >= 15 is 0 Å². The van der Waals surface area contributed by atoms with Gasteiger partial charge in [0.05, 0.1) is 5.02 Å². The fraction of sp³-hybridized carbons (Fsp3) is 0.176. The number of halogens is 1. The van der Waals surface area contributed by atoms with E-state index in [2.05, 4.69) is 5.32 Å². The number of carbonyl (C=O) groups excluding carboxylic acids is 2. The summed E-state index contributed by atoms with van der Waals surface area (Å²) in [5.74, 6) is -0.166. The van der Waals surface area contributed by atoms with Crippen molar-refractivity contribution in [3.63, 3.8) is 0 Å². The van der Waals surface area contributed by atoms with Gasteiger partial charge < -0.3 is 19.5 Å². The van der Waals surface area contributed by atoms with Gasteiger partial charge in [-0.05, 0) is 17.7 Å². The summed E-state index contributed by atoms with van der Waals surface area (Å²) in [4.78, 5) is 23.8. The summed E-state index contributed by atoms with van der Waals surface area (Å²) < 4.78 is 15.5. The first-order valence-electron chi connectivity index (χ1n) is 7.20. The molecule has 124 valence electrons. The number of rotatable bonds is 5. The lowest BCUT2D eigenvalue weighted by Crippen LogP contribution is -2.30. The molecule has 1 aliphatic heterocycles. The quantitative estimate of drug-likeness (QED) is 0.841. The van der Waals surface area contributed by atoms with Gasteiger partial charge in [-0.25, -0.2) is 0 Å². The highest BCUT2D eigenvalue weighted by atomic mass is 35.5. The van der Waals surface area contributed by atoms with Gasteiger partial charge in [-0.3, -0.25) is 9.59 Å². The van der Waals surface area contributed by atoms with Crippen molar-refractivity contribution >= 4 is 23.5 Å². The normalized spacial score (nSPS) is 11.9. The van der Waals surface area contributed by atoms with Crippen molar-refractivity contribution in [2.45, 2.75) is 6.61 Å². The molecule has 0 radical (unpaired) electrons. The fourth-order valence-electron chi connectivity index (χ4n) is 2.14. The van der Waals surface area contributed by atoms with E-state index in [1.54, 1.807) is 0 Å². The van der Waals surface area contributed by atoms with E-state index in [1.165, 1.54) is 12.1 Å². The maximum Gasteiger partial charge on any atom is 0.325 e. The first-order valence-corrected chi connectivity index (χ1v) is 7.58. The number of nitrogens with one attached hydrogen (secondary N) is 1. The Morgan fingerprint density at radius 3 is 2.75 bits per heavy atom. The predicted octanol–water partition coefficient (Wildman–Crippen LogP) is 2.54. The second kappa shape index (κ2) is 7.23. The van der Waals surface area contributed by atoms with Gasteiger partial charge in [0.1, 0.15) is 13.2 Å². The van der Waals surface area contributed by atoms with Crippen molar-refractivity contribution in [3.8, 4) is 11.5 Å². The number of carbonyl (C=O) groups is 2. The van der Waals surface area contributed by atoms with Crippen LogP contribution in [0.25, 0.3) is 0 Å². The Kier molecular flexibility index (Phi) is 4.86. The van der Waals surface area contributed by atoms with E-state index in [1.807, 2.05) is 30.3 Å². The van der Waals surface area contributed by atoms with Gasteiger partial charge in [-0.2, -0.15) is 0 Å². The lowest BCUT2D eigenvalue weighted by atomic mass is 10.2. The van der Waals surface area contributed by atoms with E-state index in [4.69, 9.17) is 25.8 Å². The second-order valence-corrected chi connectivity index (χ2v) is 5.43. The average molecular weight is 348 g/mol. The molecule has 2 aromatic carbocycles. The van der Waals surface area contributed by atoms with Crippen LogP contribution in [0.5, 0.6) is 11.5 Å². The van der Waals surface area contributed by atoms with Crippen LogP contribution in [0.1, 0.15) is 15.9 Å². The van der Waals surface area contributed by atoms with Crippen molar-refractivity contribution in [1.82, 2.24) is 5.32 Å². The minimum Gasteiger partial charge on any atom is -0.460 e. The zero-order chi connectivity index (χ0) is 16.9. The maximum absolute atomic E-state index is 12.1. The molecule has 0 saturated carbocycles. The Bertz CT molecular complexity index is 763. The molecule has 7 heteroatoms. The number of benzene rings is 2. The highest BCUT2D eigenvalue weighted by Crippen LogP contribution is 2.39. The van der Waals surface area contributed by atoms with E-state index in [9.17, 15) is 9.59 Å². The lowest BCUT2D eigenvalue weighted by molar-refractivity contribution is -0.143. The number of fused-ring (bicyclic) bond motifs is 1. The minimum absolute atomic E-state index is 0.0614. The fourth-order valence-corrected chi connectivity index (χ4v) is 2.41. The van der Waals surface area contributed by atoms with Crippen molar-refractivity contribution in [2.24, 2.45) is 0 Å². The predicted molar refractivity (Wildman–Crippen MR) is 86.1 cm³/mol. The highest BCUT2D eigenvalue weighted by Gasteiger charge is 2.21. The molecule has 0 bridgehead atoms. The smallest absolute Gasteiger partial charge is 0.325 e. The molecular formula is C17H14ClNO5. The Morgan fingerprint density at radius 1 is 1.17 bits per heavy atom. The third-order valence-corrected chi connectivity index (χ3v) is 3.61. The number of amides is 1. The van der Waals surface area contributed by atoms with Gasteiger partial charge in [0.2, 0.25) is 6.79 Å². The van der Waals surface area contributed by atoms with Crippen LogP contribution in [0.2, 0.25) is 5.02 Å². The van der Waals surface area contributed by atoms with Crippen LogP contribution in [0, 0.1) is 0 Å². The van der Waals surface area contributed by atoms with E-state index in [0.29, 0.717) is 11.5 Å². The summed E-state index contributed by atoms with van der Waals surface area (Å²) in [5.41, 5.74) is 1.15. The molecule has 0 unspecified atom stereocenters. The minimum atomic E-state index is -0.529. The van der Waals surface area contributed by atoms with Gasteiger partial charge in [0, 0.05) is 5.56 Å². The van der Waals surface area contributed by atoms with Gasteiger partial charge in [-0.15, -0.1) is 0 Å². The summed E-state index contributed by atoms with van der Waals surface area (Å²) in [6.45, 7) is -0.0188. The Balaban J connectivity index is 1.52. The molecule has 1 heterocycles. The Hall–Kier alpha value is -2.73. The second-order valence-electron chi connectivity index (χ2n) is 5.02. The van der Waals surface area contributed by atoms with Crippen LogP contribution in [0.4, 0.5) is 0 Å². The van der Waals surface area contributed by atoms with Crippen LogP contribution in [0.3, 0.4) is 0 Å². The summed E-state index contributed by atoms with van der Waals surface area (Å²) in [7, 11) is 0. The summed E-state index contributed by atoms with van der Waals surface area (Å²) in [6, 6.07) is 12.3. The largest absolute Gasteiger partial charge is 0.460 e. The number of hydrogen-bond acceptors (Lipinski definition) is 5. The highest BCUT2D eigenvalue weighted by molar-refractivity contribution is 6.32. The van der Waals surface area contributed by atoms with E-state index in [-0.39, 0.29) is 30.5 Å². The number of esters is 1. The van der Waals surface area contributed by atoms with Crippen LogP contribution < -0.4 is 14.8 Å². The molecule has 0 fully saturated rings. The van der Waals surface area contributed by atoms with Gasteiger partial charge in [0.25, 0.3) is 5.91 Å². The van der Waals surface area contributed by atoms with Crippen molar-refractivity contribution in [3.05, 3.63) is 58.6 Å². The molecule has 0 atom stereocenters. The molecular weight excluding hydrogens is 334 g/mol. The molecule has 1 aliphatic rings. The van der Waals surface area contributed by atoms with Gasteiger partial charge in [0.15, 0.2) is 11.5 Å². The third-order valence-electron chi connectivity index (χ3n) is 3.33. The van der Waals surface area contributed by atoms with Crippen LogP contribution in [-0.2, 0) is 16.1 Å². The molecule has 1 amide bonds. The molecule has 24 heavy (non-hydrogen) atoms. The summed E-state index contributed by atoms with van der Waals surface area (Å²) in [6.07, 6.45) is 0. The average Bonchev–Trinajstić information content (AvgIpc) is 3.08.